The lowest BCUT2D eigenvalue weighted by Crippen LogP contribution is -2.47. The Bertz CT molecular complexity index is 379. The van der Waals surface area contributed by atoms with Gasteiger partial charge in [-0.15, -0.1) is 0 Å². The molecule has 0 aliphatic carbocycles. The van der Waals surface area contributed by atoms with Crippen LogP contribution < -0.4 is 0 Å². The molecule has 0 saturated carbocycles. The van der Waals surface area contributed by atoms with Crippen LogP contribution in [-0.4, -0.2) is 49.7 Å². The molecular weight excluding hydrogens is 340 g/mol. The van der Waals surface area contributed by atoms with Crippen LogP contribution in [0, 0.1) is 0 Å². The van der Waals surface area contributed by atoms with Crippen LogP contribution in [0.5, 0.6) is 0 Å². The highest BCUT2D eigenvalue weighted by Crippen LogP contribution is 2.19. The van der Waals surface area contributed by atoms with Gasteiger partial charge in [0.2, 0.25) is 8.32 Å². The lowest BCUT2D eigenvalue weighted by atomic mass is 10.4. The Hall–Kier alpha value is -0.219. The van der Waals surface area contributed by atoms with Gasteiger partial charge in [0.05, 0.1) is 20.9 Å². The van der Waals surface area contributed by atoms with Crippen LogP contribution in [0.4, 0.5) is 0 Å². The minimum atomic E-state index is -1.93. The fourth-order valence-corrected chi connectivity index (χ4v) is 9.02. The SMILES string of the molecule is C=C(C)C(=O)OCCC[Si](C)(CO[Si](C)(C)C)OC[Si](C)(C)C. The van der Waals surface area contributed by atoms with Crippen LogP contribution in [0.15, 0.2) is 12.2 Å². The molecule has 0 aromatic carbocycles. The van der Waals surface area contributed by atoms with Gasteiger partial charge < -0.3 is 13.6 Å². The molecule has 0 aliphatic rings. The normalized spacial score (nSPS) is 15.1. The Balaban J connectivity index is 4.52. The van der Waals surface area contributed by atoms with E-state index in [0.29, 0.717) is 12.2 Å². The van der Waals surface area contributed by atoms with Gasteiger partial charge >= 0.3 is 5.97 Å². The molecule has 7 heteroatoms. The van der Waals surface area contributed by atoms with Crippen molar-refractivity contribution in [3.8, 4) is 0 Å². The first-order chi connectivity index (χ1) is 10.2. The van der Waals surface area contributed by atoms with Crippen LogP contribution in [0.3, 0.4) is 0 Å². The predicted octanol–water partition coefficient (Wildman–Crippen LogP) is 4.36. The predicted molar refractivity (Wildman–Crippen MR) is 105 cm³/mol. The average molecular weight is 377 g/mol. The molecule has 0 heterocycles. The van der Waals surface area contributed by atoms with Gasteiger partial charge in [-0.25, -0.2) is 4.79 Å². The second kappa shape index (κ2) is 9.31. The molecule has 0 radical (unpaired) electrons. The quantitative estimate of drug-likeness (QED) is 0.233. The van der Waals surface area contributed by atoms with Gasteiger partial charge in [0.1, 0.15) is 0 Å². The molecule has 0 amide bonds. The molecule has 0 saturated heterocycles. The third-order valence-electron chi connectivity index (χ3n) is 3.10. The summed E-state index contributed by atoms with van der Waals surface area (Å²) in [5.74, 6) is -0.310. The lowest BCUT2D eigenvalue weighted by molar-refractivity contribution is -0.138. The van der Waals surface area contributed by atoms with Crippen molar-refractivity contribution in [1.82, 2.24) is 0 Å². The molecule has 136 valence electrons. The number of hydrogen-bond donors (Lipinski definition) is 0. The van der Waals surface area contributed by atoms with E-state index >= 15 is 0 Å². The number of ether oxygens (including phenoxy) is 1. The van der Waals surface area contributed by atoms with E-state index in [4.69, 9.17) is 13.6 Å². The van der Waals surface area contributed by atoms with E-state index in [1.807, 2.05) is 0 Å². The van der Waals surface area contributed by atoms with E-state index in [-0.39, 0.29) is 5.97 Å². The smallest absolute Gasteiger partial charge is 0.333 e. The van der Waals surface area contributed by atoms with Crippen LogP contribution in [0.25, 0.3) is 0 Å². The molecule has 23 heavy (non-hydrogen) atoms. The molecule has 1 atom stereocenters. The summed E-state index contributed by atoms with van der Waals surface area (Å²) in [5, 5.41) is 0. The zero-order chi connectivity index (χ0) is 18.3. The number of esters is 1. The van der Waals surface area contributed by atoms with Gasteiger partial charge in [0.25, 0.3) is 0 Å². The van der Waals surface area contributed by atoms with E-state index < -0.39 is 24.7 Å². The molecule has 0 fully saturated rings. The standard InChI is InChI=1S/C16H36O4Si3/c1-15(2)16(17)18-11-10-12-23(9,14-19-22(6,7)8)20-13-21(3,4)5/h1,10-14H2,2-9H3. The van der Waals surface area contributed by atoms with Crippen molar-refractivity contribution in [1.29, 1.82) is 0 Å². The first-order valence-corrected chi connectivity index (χ1v) is 18.3. The summed E-state index contributed by atoms with van der Waals surface area (Å²) in [6.45, 7) is 21.5. The van der Waals surface area contributed by atoms with Gasteiger partial charge in [-0.2, -0.15) is 0 Å². The fourth-order valence-electron chi connectivity index (χ4n) is 1.68. The maximum Gasteiger partial charge on any atom is 0.333 e. The Morgan fingerprint density at radius 2 is 1.52 bits per heavy atom. The maximum atomic E-state index is 11.4. The summed E-state index contributed by atoms with van der Waals surface area (Å²) in [5.41, 5.74) is 0.446. The van der Waals surface area contributed by atoms with Crippen molar-refractivity contribution in [3.63, 3.8) is 0 Å². The molecule has 0 bridgehead atoms. The zero-order valence-corrected chi connectivity index (χ0v) is 19.4. The van der Waals surface area contributed by atoms with Gasteiger partial charge in [-0.05, 0) is 45.6 Å². The van der Waals surface area contributed by atoms with E-state index in [1.165, 1.54) is 0 Å². The van der Waals surface area contributed by atoms with E-state index in [0.717, 1.165) is 24.9 Å². The van der Waals surface area contributed by atoms with Crippen LogP contribution >= 0.6 is 0 Å². The Morgan fingerprint density at radius 3 is 1.96 bits per heavy atom. The first kappa shape index (κ1) is 22.8. The number of carbonyl (C=O) groups excluding carboxylic acids is 1. The summed E-state index contributed by atoms with van der Waals surface area (Å²) < 4.78 is 17.7. The zero-order valence-electron chi connectivity index (χ0n) is 16.4. The first-order valence-electron chi connectivity index (χ1n) is 8.35. The van der Waals surface area contributed by atoms with Gasteiger partial charge in [-0.3, -0.25) is 0 Å². The Kier molecular flexibility index (Phi) is 9.22. The van der Waals surface area contributed by atoms with Crippen molar-refractivity contribution in [3.05, 3.63) is 12.2 Å². The van der Waals surface area contributed by atoms with Gasteiger partial charge in [0.15, 0.2) is 8.32 Å². The highest BCUT2D eigenvalue weighted by Gasteiger charge is 2.33. The van der Waals surface area contributed by atoms with Crippen LogP contribution in [0.1, 0.15) is 13.3 Å². The van der Waals surface area contributed by atoms with Crippen molar-refractivity contribution in [2.24, 2.45) is 0 Å². The van der Waals surface area contributed by atoms with E-state index in [2.05, 4.69) is 52.4 Å². The molecule has 0 aromatic rings. The summed E-state index contributed by atoms with van der Waals surface area (Å²) in [6, 6.07) is 0.950. The van der Waals surface area contributed by atoms with Gasteiger partial charge in [-0.1, -0.05) is 26.2 Å². The minimum absolute atomic E-state index is 0.310. The monoisotopic (exact) mass is 376 g/mol. The highest BCUT2D eigenvalue weighted by atomic mass is 28.4. The minimum Gasteiger partial charge on any atom is -0.462 e. The summed E-state index contributed by atoms with van der Waals surface area (Å²) in [7, 11) is -4.74. The molecule has 1 unspecified atom stereocenters. The molecular formula is C16H36O4Si3. The molecule has 0 aromatic heterocycles. The second-order valence-electron chi connectivity index (χ2n) is 8.72. The summed E-state index contributed by atoms with van der Waals surface area (Å²) >= 11 is 0. The largest absolute Gasteiger partial charge is 0.462 e. The Morgan fingerprint density at radius 1 is 0.957 bits per heavy atom. The maximum absolute atomic E-state index is 11.4. The second-order valence-corrected chi connectivity index (χ2v) is 22.6. The molecule has 4 nitrogen and oxygen atoms in total. The number of hydrogen-bond acceptors (Lipinski definition) is 4. The van der Waals surface area contributed by atoms with Crippen molar-refractivity contribution >= 4 is 30.7 Å². The number of carbonyl (C=O) groups is 1. The third kappa shape index (κ3) is 12.8. The van der Waals surface area contributed by atoms with Crippen LogP contribution in [-0.2, 0) is 18.4 Å². The molecule has 0 aliphatic heterocycles. The fraction of sp³-hybridized carbons (Fsp3) is 0.812. The van der Waals surface area contributed by atoms with Crippen molar-refractivity contribution in [2.75, 3.05) is 19.1 Å². The van der Waals surface area contributed by atoms with Crippen molar-refractivity contribution < 1.29 is 18.4 Å². The Labute approximate surface area is 145 Å². The summed E-state index contributed by atoms with van der Waals surface area (Å²) in [6.07, 6.45) is 2.43. The average Bonchev–Trinajstić information content (AvgIpc) is 2.37. The van der Waals surface area contributed by atoms with E-state index in [9.17, 15) is 4.79 Å². The highest BCUT2D eigenvalue weighted by molar-refractivity contribution is 6.79. The lowest BCUT2D eigenvalue weighted by Gasteiger charge is -2.33. The third-order valence-corrected chi connectivity index (χ3v) is 8.70. The molecule has 0 N–H and O–H groups in total. The van der Waals surface area contributed by atoms with Gasteiger partial charge in [0, 0.05) is 11.8 Å². The number of rotatable bonds is 11. The van der Waals surface area contributed by atoms with E-state index in [1.54, 1.807) is 6.92 Å². The summed E-state index contributed by atoms with van der Waals surface area (Å²) in [4.78, 5) is 11.4. The topological polar surface area (TPSA) is 44.8 Å². The van der Waals surface area contributed by atoms with Crippen LogP contribution in [0.2, 0.25) is 51.9 Å². The molecule has 0 spiro atoms. The van der Waals surface area contributed by atoms with Crippen molar-refractivity contribution in [2.45, 2.75) is 65.2 Å². The molecule has 0 rings (SSSR count).